The normalized spacial score (nSPS) is 22.2. The molecule has 3 aromatic rings. The number of piperazine rings is 1. The quantitative estimate of drug-likeness (QED) is 0.540. The van der Waals surface area contributed by atoms with Gasteiger partial charge in [0, 0.05) is 67.9 Å². The minimum atomic E-state index is 0.147. The Labute approximate surface area is 225 Å². The Morgan fingerprint density at radius 2 is 1.89 bits per heavy atom. The maximum Gasteiger partial charge on any atom is 0.318 e. The molecule has 1 N–H and O–H groups in total. The van der Waals surface area contributed by atoms with Crippen LogP contribution in [0.1, 0.15) is 30.5 Å². The van der Waals surface area contributed by atoms with Gasteiger partial charge in [-0.1, -0.05) is 36.4 Å². The predicted octanol–water partition coefficient (Wildman–Crippen LogP) is 3.40. The van der Waals surface area contributed by atoms with E-state index in [9.17, 15) is 5.26 Å². The number of likely N-dealkylation sites (N-methyl/N-ethyl adjacent to an activating group) is 1. The second kappa shape index (κ2) is 11.1. The SMILES string of the molecule is CN1CCC[C@H]1COc1nc2c(c(N3CCNC(CC#N)C3)n1)CCN(c1cccc3ccccc13)CC2. The van der Waals surface area contributed by atoms with Gasteiger partial charge in [0.1, 0.15) is 12.4 Å². The first-order chi connectivity index (χ1) is 18.7. The monoisotopic (exact) mass is 511 g/mol. The molecule has 2 fully saturated rings. The number of likely N-dealkylation sites (tertiary alicyclic amines) is 1. The number of anilines is 2. The fourth-order valence-corrected chi connectivity index (χ4v) is 6.23. The first-order valence-electron chi connectivity index (χ1n) is 14.0. The van der Waals surface area contributed by atoms with Crippen LogP contribution in [0, 0.1) is 11.3 Å². The predicted molar refractivity (Wildman–Crippen MR) is 151 cm³/mol. The second-order valence-electron chi connectivity index (χ2n) is 10.8. The summed E-state index contributed by atoms with van der Waals surface area (Å²) in [5.74, 6) is 0.994. The molecule has 8 heteroatoms. The van der Waals surface area contributed by atoms with Crippen molar-refractivity contribution < 1.29 is 4.74 Å². The van der Waals surface area contributed by atoms with Crippen LogP contribution in [-0.2, 0) is 12.8 Å². The van der Waals surface area contributed by atoms with Crippen molar-refractivity contribution in [1.82, 2.24) is 20.2 Å². The zero-order valence-electron chi connectivity index (χ0n) is 22.3. The van der Waals surface area contributed by atoms with E-state index in [0.717, 1.165) is 70.0 Å². The number of rotatable bonds is 6. The second-order valence-corrected chi connectivity index (χ2v) is 10.8. The van der Waals surface area contributed by atoms with E-state index in [-0.39, 0.29) is 6.04 Å². The summed E-state index contributed by atoms with van der Waals surface area (Å²) >= 11 is 0. The highest BCUT2D eigenvalue weighted by Gasteiger charge is 2.28. The number of aromatic nitrogens is 2. The maximum atomic E-state index is 9.29. The summed E-state index contributed by atoms with van der Waals surface area (Å²) in [5.41, 5.74) is 3.61. The standard InChI is InChI=1S/C30H37N7O/c1-35-16-5-8-24(35)21-38-30-33-27-13-18-36(28-10-4-7-22-6-2-3-9-25(22)28)17-12-26(27)29(34-30)37-19-15-32-23(20-37)11-14-31/h2-4,6-7,9-10,23-24,32H,5,8,11-13,15-21H2,1H3/t23?,24-/m0/s1. The van der Waals surface area contributed by atoms with Gasteiger partial charge in [-0.3, -0.25) is 0 Å². The first kappa shape index (κ1) is 24.9. The summed E-state index contributed by atoms with van der Waals surface area (Å²) < 4.78 is 6.27. The molecule has 8 nitrogen and oxygen atoms in total. The van der Waals surface area contributed by atoms with E-state index in [0.29, 0.717) is 25.1 Å². The van der Waals surface area contributed by atoms with Crippen LogP contribution in [0.4, 0.5) is 11.5 Å². The van der Waals surface area contributed by atoms with Crippen molar-refractivity contribution in [2.75, 3.05) is 62.7 Å². The molecule has 0 amide bonds. The number of hydrogen-bond donors (Lipinski definition) is 1. The molecule has 198 valence electrons. The van der Waals surface area contributed by atoms with Gasteiger partial charge in [-0.05, 0) is 44.3 Å². The zero-order valence-corrected chi connectivity index (χ0v) is 22.3. The van der Waals surface area contributed by atoms with Gasteiger partial charge in [-0.15, -0.1) is 0 Å². The average Bonchev–Trinajstić information content (AvgIpc) is 3.24. The minimum absolute atomic E-state index is 0.147. The van der Waals surface area contributed by atoms with Crippen LogP contribution in [0.5, 0.6) is 6.01 Å². The Kier molecular flexibility index (Phi) is 7.30. The van der Waals surface area contributed by atoms with Crippen molar-refractivity contribution >= 4 is 22.3 Å². The molecule has 0 spiro atoms. The molecule has 2 saturated heterocycles. The van der Waals surface area contributed by atoms with E-state index >= 15 is 0 Å². The molecule has 0 aliphatic carbocycles. The van der Waals surface area contributed by atoms with Crippen molar-refractivity contribution in [3.05, 3.63) is 53.7 Å². The van der Waals surface area contributed by atoms with Gasteiger partial charge in [-0.25, -0.2) is 0 Å². The van der Waals surface area contributed by atoms with Crippen molar-refractivity contribution in [2.45, 2.75) is 44.2 Å². The lowest BCUT2D eigenvalue weighted by Gasteiger charge is -2.35. The summed E-state index contributed by atoms with van der Waals surface area (Å²) in [4.78, 5) is 17.2. The van der Waals surface area contributed by atoms with E-state index in [1.165, 1.54) is 28.4 Å². The van der Waals surface area contributed by atoms with Crippen LogP contribution < -0.4 is 19.9 Å². The smallest absolute Gasteiger partial charge is 0.318 e. The molecule has 0 radical (unpaired) electrons. The van der Waals surface area contributed by atoms with Crippen molar-refractivity contribution in [3.8, 4) is 12.1 Å². The van der Waals surface area contributed by atoms with Gasteiger partial charge in [0.25, 0.3) is 0 Å². The Morgan fingerprint density at radius 1 is 1.03 bits per heavy atom. The molecular weight excluding hydrogens is 474 g/mol. The summed E-state index contributed by atoms with van der Waals surface area (Å²) in [6, 6.07) is 18.6. The lowest BCUT2D eigenvalue weighted by Crippen LogP contribution is -2.51. The Bertz CT molecular complexity index is 1320. The van der Waals surface area contributed by atoms with Crippen LogP contribution in [0.2, 0.25) is 0 Å². The highest BCUT2D eigenvalue weighted by atomic mass is 16.5. The number of hydrogen-bond acceptors (Lipinski definition) is 8. The number of nitriles is 1. The van der Waals surface area contributed by atoms with Gasteiger partial charge in [0.15, 0.2) is 0 Å². The average molecular weight is 512 g/mol. The summed E-state index contributed by atoms with van der Waals surface area (Å²) in [7, 11) is 2.17. The Balaban J connectivity index is 1.30. The van der Waals surface area contributed by atoms with E-state index in [4.69, 9.17) is 14.7 Å². The molecule has 38 heavy (non-hydrogen) atoms. The summed E-state index contributed by atoms with van der Waals surface area (Å²) in [6.07, 6.45) is 4.59. The number of fused-ring (bicyclic) bond motifs is 2. The third-order valence-corrected chi connectivity index (χ3v) is 8.38. The van der Waals surface area contributed by atoms with Crippen molar-refractivity contribution in [1.29, 1.82) is 5.26 Å². The van der Waals surface area contributed by atoms with Crippen LogP contribution in [0.15, 0.2) is 42.5 Å². The molecule has 1 aromatic heterocycles. The number of nitrogens with one attached hydrogen (secondary N) is 1. The molecule has 2 aromatic carbocycles. The van der Waals surface area contributed by atoms with Gasteiger partial charge in [0.2, 0.25) is 0 Å². The van der Waals surface area contributed by atoms with E-state index < -0.39 is 0 Å². The van der Waals surface area contributed by atoms with Gasteiger partial charge in [0.05, 0.1) is 18.2 Å². The van der Waals surface area contributed by atoms with Crippen LogP contribution >= 0.6 is 0 Å². The number of nitrogens with zero attached hydrogens (tertiary/aromatic N) is 6. The molecule has 0 bridgehead atoms. The maximum absolute atomic E-state index is 9.29. The number of benzene rings is 2. The fraction of sp³-hybridized carbons (Fsp3) is 0.500. The van der Waals surface area contributed by atoms with Crippen molar-refractivity contribution in [2.24, 2.45) is 0 Å². The minimum Gasteiger partial charge on any atom is -0.462 e. The molecule has 1 unspecified atom stereocenters. The largest absolute Gasteiger partial charge is 0.462 e. The van der Waals surface area contributed by atoms with Crippen LogP contribution in [0.3, 0.4) is 0 Å². The number of ether oxygens (including phenoxy) is 1. The topological polar surface area (TPSA) is 80.5 Å². The first-order valence-corrected chi connectivity index (χ1v) is 14.0. The zero-order chi connectivity index (χ0) is 25.9. The fourth-order valence-electron chi connectivity index (χ4n) is 6.23. The third-order valence-electron chi connectivity index (χ3n) is 8.38. The van der Waals surface area contributed by atoms with Crippen LogP contribution in [-0.4, -0.2) is 79.9 Å². The van der Waals surface area contributed by atoms with E-state index in [2.05, 4.69) is 75.6 Å². The van der Waals surface area contributed by atoms with E-state index in [1.54, 1.807) is 0 Å². The van der Waals surface area contributed by atoms with Crippen molar-refractivity contribution in [3.63, 3.8) is 0 Å². The summed E-state index contributed by atoms with van der Waals surface area (Å²) in [5, 5.41) is 15.3. The van der Waals surface area contributed by atoms with Gasteiger partial charge in [-0.2, -0.15) is 15.2 Å². The molecular formula is C30H37N7O. The van der Waals surface area contributed by atoms with Gasteiger partial charge >= 0.3 is 6.01 Å². The highest BCUT2D eigenvalue weighted by molar-refractivity contribution is 5.94. The molecule has 3 aliphatic rings. The highest BCUT2D eigenvalue weighted by Crippen LogP contribution is 2.32. The molecule has 6 rings (SSSR count). The molecule has 0 saturated carbocycles. The molecule has 3 aliphatic heterocycles. The lowest BCUT2D eigenvalue weighted by atomic mass is 10.1. The molecule has 2 atom stereocenters. The summed E-state index contributed by atoms with van der Waals surface area (Å²) in [6.45, 7) is 6.04. The van der Waals surface area contributed by atoms with Gasteiger partial charge < -0.3 is 24.8 Å². The van der Waals surface area contributed by atoms with E-state index in [1.807, 2.05) is 0 Å². The lowest BCUT2D eigenvalue weighted by molar-refractivity contribution is 0.187. The molecule has 4 heterocycles. The Hall–Kier alpha value is -3.41. The van der Waals surface area contributed by atoms with Crippen LogP contribution in [0.25, 0.3) is 10.8 Å². The third kappa shape index (κ3) is 5.13. The Morgan fingerprint density at radius 3 is 2.76 bits per heavy atom.